The van der Waals surface area contributed by atoms with E-state index in [4.69, 9.17) is 23.7 Å². The summed E-state index contributed by atoms with van der Waals surface area (Å²) >= 11 is 0. The van der Waals surface area contributed by atoms with Crippen molar-refractivity contribution in [2.75, 3.05) is 0 Å². The molecule has 2 aliphatic heterocycles. The van der Waals surface area contributed by atoms with Gasteiger partial charge in [-0.3, -0.25) is 0 Å². The molecule has 0 amide bonds. The van der Waals surface area contributed by atoms with Crippen molar-refractivity contribution in [1.82, 2.24) is 0 Å². The largest absolute Gasteiger partial charge is 0.371 e. The number of ether oxygens (including phenoxy) is 5. The Morgan fingerprint density at radius 2 is 1.53 bits per heavy atom. The van der Waals surface area contributed by atoms with Crippen LogP contribution in [0.1, 0.15) is 44.2 Å². The second-order valence-corrected chi connectivity index (χ2v) is 8.94. The Morgan fingerprint density at radius 1 is 0.867 bits per heavy atom. The molecule has 2 aromatic carbocycles. The Bertz CT molecular complexity index is 839. The van der Waals surface area contributed by atoms with Crippen molar-refractivity contribution < 1.29 is 23.7 Å². The second kappa shape index (κ2) is 8.06. The highest BCUT2D eigenvalue weighted by molar-refractivity contribution is 5.17. The zero-order valence-corrected chi connectivity index (χ0v) is 17.7. The fourth-order valence-corrected chi connectivity index (χ4v) is 4.98. The van der Waals surface area contributed by atoms with E-state index in [1.165, 1.54) is 0 Å². The molecule has 0 bridgehead atoms. The summed E-state index contributed by atoms with van der Waals surface area (Å²) in [6.07, 6.45) is 1.85. The molecule has 3 fully saturated rings. The van der Waals surface area contributed by atoms with E-state index in [2.05, 4.69) is 24.3 Å². The number of hydrogen-bond donors (Lipinski definition) is 0. The van der Waals surface area contributed by atoms with Crippen molar-refractivity contribution in [3.8, 4) is 0 Å². The van der Waals surface area contributed by atoms with Gasteiger partial charge in [-0.2, -0.15) is 0 Å². The fraction of sp³-hybridized carbons (Fsp3) is 0.520. The lowest BCUT2D eigenvalue weighted by Gasteiger charge is -2.44. The van der Waals surface area contributed by atoms with Crippen molar-refractivity contribution in [2.24, 2.45) is 0 Å². The van der Waals surface area contributed by atoms with Gasteiger partial charge in [-0.05, 0) is 44.2 Å². The lowest BCUT2D eigenvalue weighted by Crippen LogP contribution is -2.57. The molecule has 2 saturated heterocycles. The molecule has 2 heterocycles. The molecule has 3 aliphatic rings. The predicted octanol–water partition coefficient (Wildman–Crippen LogP) is 4.59. The van der Waals surface area contributed by atoms with Crippen LogP contribution < -0.4 is 0 Å². The number of fused-ring (bicyclic) bond motifs is 3. The third-order valence-electron chi connectivity index (χ3n) is 6.35. The Hall–Kier alpha value is -1.76. The molecule has 160 valence electrons. The molecule has 30 heavy (non-hydrogen) atoms. The second-order valence-electron chi connectivity index (χ2n) is 8.94. The third-order valence-corrected chi connectivity index (χ3v) is 6.35. The molecule has 0 unspecified atom stereocenters. The minimum absolute atomic E-state index is 0.0596. The highest BCUT2D eigenvalue weighted by Gasteiger charge is 2.67. The lowest BCUT2D eigenvalue weighted by molar-refractivity contribution is -0.265. The summed E-state index contributed by atoms with van der Waals surface area (Å²) in [6, 6.07) is 20.5. The molecule has 1 saturated carbocycles. The summed E-state index contributed by atoms with van der Waals surface area (Å²) in [5.41, 5.74) is 1.72. The fourth-order valence-electron chi connectivity index (χ4n) is 4.98. The quantitative estimate of drug-likeness (QED) is 0.697. The van der Waals surface area contributed by atoms with E-state index in [-0.39, 0.29) is 18.3 Å². The number of rotatable bonds is 6. The average Bonchev–Trinajstić information content (AvgIpc) is 3.23. The maximum atomic E-state index is 6.66. The number of benzene rings is 2. The molecular weight excluding hydrogens is 380 g/mol. The highest BCUT2D eigenvalue weighted by atomic mass is 16.8. The van der Waals surface area contributed by atoms with Crippen molar-refractivity contribution in [3.05, 3.63) is 71.8 Å². The van der Waals surface area contributed by atoms with Crippen LogP contribution in [0.4, 0.5) is 0 Å². The van der Waals surface area contributed by atoms with Gasteiger partial charge in [-0.25, -0.2) is 0 Å². The minimum Gasteiger partial charge on any atom is -0.371 e. The molecule has 5 nitrogen and oxygen atoms in total. The normalized spacial score (nSPS) is 34.5. The summed E-state index contributed by atoms with van der Waals surface area (Å²) < 4.78 is 31.8. The monoisotopic (exact) mass is 410 g/mol. The van der Waals surface area contributed by atoms with E-state index >= 15 is 0 Å². The molecular formula is C25H30O5. The molecule has 0 radical (unpaired) electrons. The minimum atomic E-state index is -0.679. The smallest absolute Gasteiger partial charge is 0.190 e. The molecule has 2 aromatic rings. The van der Waals surface area contributed by atoms with Gasteiger partial charge < -0.3 is 23.7 Å². The van der Waals surface area contributed by atoms with Crippen LogP contribution in [0.2, 0.25) is 0 Å². The Kier molecular flexibility index (Phi) is 5.42. The summed E-state index contributed by atoms with van der Waals surface area (Å²) in [5.74, 6) is -0.679. The van der Waals surface area contributed by atoms with Gasteiger partial charge in [0.25, 0.3) is 0 Å². The first kappa shape index (κ1) is 20.2. The van der Waals surface area contributed by atoms with E-state index < -0.39 is 17.7 Å². The van der Waals surface area contributed by atoms with Gasteiger partial charge in [0.2, 0.25) is 0 Å². The van der Waals surface area contributed by atoms with E-state index in [9.17, 15) is 0 Å². The average molecular weight is 411 g/mol. The summed E-state index contributed by atoms with van der Waals surface area (Å²) in [6.45, 7) is 4.93. The number of hydrogen-bond acceptors (Lipinski definition) is 5. The summed E-state index contributed by atoms with van der Waals surface area (Å²) in [7, 11) is 0. The predicted molar refractivity (Wildman–Crippen MR) is 112 cm³/mol. The van der Waals surface area contributed by atoms with Crippen LogP contribution in [0, 0.1) is 0 Å². The maximum absolute atomic E-state index is 6.66. The van der Waals surface area contributed by atoms with E-state index in [1.54, 1.807) is 0 Å². The van der Waals surface area contributed by atoms with Crippen LogP contribution in [-0.2, 0) is 36.9 Å². The van der Waals surface area contributed by atoms with Crippen molar-refractivity contribution in [2.45, 2.75) is 82.3 Å². The molecule has 5 atom stereocenters. The van der Waals surface area contributed by atoms with E-state index in [0.29, 0.717) is 13.2 Å². The third kappa shape index (κ3) is 3.81. The zero-order chi connectivity index (χ0) is 20.6. The van der Waals surface area contributed by atoms with E-state index in [1.807, 2.05) is 50.2 Å². The lowest BCUT2D eigenvalue weighted by atomic mass is 9.78. The highest BCUT2D eigenvalue weighted by Crippen LogP contribution is 2.51. The van der Waals surface area contributed by atoms with Crippen LogP contribution in [0.3, 0.4) is 0 Å². The molecule has 5 heteroatoms. The first-order valence-electron chi connectivity index (χ1n) is 10.9. The van der Waals surface area contributed by atoms with Crippen molar-refractivity contribution >= 4 is 0 Å². The van der Waals surface area contributed by atoms with Gasteiger partial charge in [-0.15, -0.1) is 0 Å². The molecule has 5 rings (SSSR count). The molecule has 0 N–H and O–H groups in total. The summed E-state index contributed by atoms with van der Waals surface area (Å²) in [4.78, 5) is 0. The zero-order valence-electron chi connectivity index (χ0n) is 17.7. The van der Waals surface area contributed by atoms with Gasteiger partial charge in [0.1, 0.15) is 17.8 Å². The van der Waals surface area contributed by atoms with Gasteiger partial charge in [-0.1, -0.05) is 60.7 Å². The SMILES string of the molecule is CC1(C)O[C@H]2O[C@@H]3[C@H](OCc4ccccc4)CCC[C@]3(OCc3ccccc3)[C@H]2O1. The van der Waals surface area contributed by atoms with Gasteiger partial charge in [0.15, 0.2) is 12.1 Å². The van der Waals surface area contributed by atoms with Crippen molar-refractivity contribution in [1.29, 1.82) is 0 Å². The first-order valence-corrected chi connectivity index (χ1v) is 10.9. The van der Waals surface area contributed by atoms with Gasteiger partial charge in [0.05, 0.1) is 19.3 Å². The van der Waals surface area contributed by atoms with Crippen LogP contribution in [-0.4, -0.2) is 36.0 Å². The van der Waals surface area contributed by atoms with E-state index in [0.717, 1.165) is 30.4 Å². The Balaban J connectivity index is 1.37. The standard InChI is InChI=1S/C25H30O5/c1-24(2)29-22-23(30-24)28-21-20(26-16-18-10-5-3-6-11-18)14-9-15-25(21,22)27-17-19-12-7-4-8-13-19/h3-8,10-13,20-23H,9,14-17H2,1-2H3/t20-,21-,22+,23-,25-/m1/s1. The molecule has 0 aromatic heterocycles. The van der Waals surface area contributed by atoms with Crippen LogP contribution in [0.15, 0.2) is 60.7 Å². The topological polar surface area (TPSA) is 46.2 Å². The molecule has 0 spiro atoms. The van der Waals surface area contributed by atoms with Crippen LogP contribution >= 0.6 is 0 Å². The summed E-state index contributed by atoms with van der Waals surface area (Å²) in [5, 5.41) is 0. The Labute approximate surface area is 178 Å². The van der Waals surface area contributed by atoms with Crippen LogP contribution in [0.5, 0.6) is 0 Å². The van der Waals surface area contributed by atoms with Crippen molar-refractivity contribution in [3.63, 3.8) is 0 Å². The molecule has 1 aliphatic carbocycles. The van der Waals surface area contributed by atoms with Gasteiger partial charge >= 0.3 is 0 Å². The van der Waals surface area contributed by atoms with Crippen LogP contribution in [0.25, 0.3) is 0 Å². The Morgan fingerprint density at radius 3 is 2.23 bits per heavy atom. The maximum Gasteiger partial charge on any atom is 0.190 e. The van der Waals surface area contributed by atoms with Gasteiger partial charge in [0, 0.05) is 0 Å². The first-order chi connectivity index (χ1) is 14.6.